The van der Waals surface area contributed by atoms with Crippen LogP contribution < -0.4 is 10.5 Å². The average Bonchev–Trinajstić information content (AvgIpc) is 2.36. The maximum Gasteiger partial charge on any atom is 0.407 e. The summed E-state index contributed by atoms with van der Waals surface area (Å²) in [6, 6.07) is 4.91. The van der Waals surface area contributed by atoms with Gasteiger partial charge in [-0.25, -0.2) is 0 Å². The van der Waals surface area contributed by atoms with Crippen molar-refractivity contribution in [3.63, 3.8) is 0 Å². The second kappa shape index (κ2) is 7.19. The van der Waals surface area contributed by atoms with Crippen molar-refractivity contribution >= 4 is 6.08 Å². The largest absolute Gasteiger partial charge is 0.494 e. The van der Waals surface area contributed by atoms with E-state index in [0.29, 0.717) is 17.9 Å². The normalized spacial score (nSPS) is 13.7. The number of unbranched alkanes of at least 4 members (excludes halogenated alkanes) is 1. The lowest BCUT2D eigenvalue weighted by Crippen LogP contribution is -2.35. The Morgan fingerprint density at radius 3 is 2.42 bits per heavy atom. The van der Waals surface area contributed by atoms with Gasteiger partial charge in [0, 0.05) is 0 Å². The molecule has 1 aromatic rings. The van der Waals surface area contributed by atoms with E-state index >= 15 is 0 Å². The fraction of sp³-hybridized carbons (Fsp3) is 0.429. The Morgan fingerprint density at radius 1 is 1.26 bits per heavy atom. The minimum absolute atomic E-state index is 0.643. The molecular formula is C14H18F3NO. The Bertz CT molecular complexity index is 398. The Kier molecular flexibility index (Phi) is 5.89. The van der Waals surface area contributed by atoms with E-state index in [2.05, 4.69) is 6.92 Å². The Hall–Kier alpha value is -1.49. The van der Waals surface area contributed by atoms with Crippen molar-refractivity contribution in [2.45, 2.75) is 32.0 Å². The van der Waals surface area contributed by atoms with Crippen LogP contribution >= 0.6 is 0 Å². The molecule has 0 amide bonds. The molecule has 0 aliphatic rings. The molecule has 0 aliphatic heterocycles. The van der Waals surface area contributed by atoms with Gasteiger partial charge in [0.15, 0.2) is 0 Å². The van der Waals surface area contributed by atoms with E-state index in [9.17, 15) is 13.2 Å². The molecule has 0 radical (unpaired) electrons. The van der Waals surface area contributed by atoms with Crippen LogP contribution in [0.25, 0.3) is 6.08 Å². The van der Waals surface area contributed by atoms with Crippen molar-refractivity contribution < 1.29 is 17.9 Å². The van der Waals surface area contributed by atoms with Gasteiger partial charge in [-0.3, -0.25) is 0 Å². The first kappa shape index (κ1) is 15.6. The third-order valence-corrected chi connectivity index (χ3v) is 2.52. The molecule has 0 spiro atoms. The predicted octanol–water partition coefficient (Wildman–Crippen LogP) is 3.77. The predicted molar refractivity (Wildman–Crippen MR) is 69.9 cm³/mol. The molecule has 1 atom stereocenters. The van der Waals surface area contributed by atoms with Gasteiger partial charge < -0.3 is 10.5 Å². The fourth-order valence-corrected chi connectivity index (χ4v) is 1.33. The molecule has 0 heterocycles. The molecule has 1 rings (SSSR count). The molecule has 2 N–H and O–H groups in total. The van der Waals surface area contributed by atoms with E-state index in [4.69, 9.17) is 10.5 Å². The van der Waals surface area contributed by atoms with Gasteiger partial charge in [0.25, 0.3) is 0 Å². The smallest absolute Gasteiger partial charge is 0.407 e. The summed E-state index contributed by atoms with van der Waals surface area (Å²) in [5, 5.41) is 0. The Balaban J connectivity index is 2.54. The molecule has 0 fully saturated rings. The first-order chi connectivity index (χ1) is 8.93. The Labute approximate surface area is 111 Å². The van der Waals surface area contributed by atoms with E-state index in [0.717, 1.165) is 18.9 Å². The lowest BCUT2D eigenvalue weighted by molar-refractivity contribution is -0.136. The van der Waals surface area contributed by atoms with Crippen LogP contribution in [0.5, 0.6) is 5.75 Å². The molecule has 1 aromatic carbocycles. The van der Waals surface area contributed by atoms with Crippen LogP contribution in [0.2, 0.25) is 0 Å². The summed E-state index contributed by atoms with van der Waals surface area (Å²) in [6.07, 6.45) is -0.0845. The number of hydrogen-bond donors (Lipinski definition) is 1. The van der Waals surface area contributed by atoms with E-state index in [-0.39, 0.29) is 0 Å². The standard InChI is InChI=1S/C14H18F3NO/c1-2-3-10-19-12-7-4-11(5-8-12)6-9-13(18)14(15,16)17/h4-9,13H,2-3,10,18H2,1H3/t13-/m0/s1. The third-order valence-electron chi connectivity index (χ3n) is 2.52. The topological polar surface area (TPSA) is 35.2 Å². The molecule has 0 aromatic heterocycles. The summed E-state index contributed by atoms with van der Waals surface area (Å²) in [6.45, 7) is 2.71. The van der Waals surface area contributed by atoms with Crippen molar-refractivity contribution in [3.05, 3.63) is 35.9 Å². The molecule has 5 heteroatoms. The zero-order valence-corrected chi connectivity index (χ0v) is 10.8. The van der Waals surface area contributed by atoms with Crippen LogP contribution in [0, 0.1) is 0 Å². The summed E-state index contributed by atoms with van der Waals surface area (Å²) in [4.78, 5) is 0. The van der Waals surface area contributed by atoms with Crippen LogP contribution in [0.3, 0.4) is 0 Å². The first-order valence-electron chi connectivity index (χ1n) is 6.17. The highest BCUT2D eigenvalue weighted by atomic mass is 19.4. The minimum Gasteiger partial charge on any atom is -0.494 e. The summed E-state index contributed by atoms with van der Waals surface area (Å²) < 4.78 is 42.0. The lowest BCUT2D eigenvalue weighted by atomic mass is 10.1. The second-order valence-corrected chi connectivity index (χ2v) is 4.20. The number of alkyl halides is 3. The number of hydrogen-bond acceptors (Lipinski definition) is 2. The highest BCUT2D eigenvalue weighted by Crippen LogP contribution is 2.20. The molecule has 0 aliphatic carbocycles. The summed E-state index contributed by atoms with van der Waals surface area (Å²) in [7, 11) is 0. The van der Waals surface area contributed by atoms with Crippen molar-refractivity contribution in [1.82, 2.24) is 0 Å². The SMILES string of the molecule is CCCCOc1ccc(C=C[C@H](N)C(F)(F)F)cc1. The van der Waals surface area contributed by atoms with Gasteiger partial charge in [-0.15, -0.1) is 0 Å². The quantitative estimate of drug-likeness (QED) is 0.801. The maximum absolute atomic E-state index is 12.2. The van der Waals surface area contributed by atoms with Gasteiger partial charge in [-0.05, 0) is 24.1 Å². The van der Waals surface area contributed by atoms with E-state index < -0.39 is 12.2 Å². The number of ether oxygens (including phenoxy) is 1. The first-order valence-corrected chi connectivity index (χ1v) is 6.17. The van der Waals surface area contributed by atoms with Crippen molar-refractivity contribution in [2.75, 3.05) is 6.61 Å². The fourth-order valence-electron chi connectivity index (χ4n) is 1.33. The average molecular weight is 273 g/mol. The highest BCUT2D eigenvalue weighted by molar-refractivity contribution is 5.51. The van der Waals surface area contributed by atoms with Crippen molar-refractivity contribution in [1.29, 1.82) is 0 Å². The van der Waals surface area contributed by atoms with Gasteiger partial charge in [-0.2, -0.15) is 13.2 Å². The van der Waals surface area contributed by atoms with Gasteiger partial charge in [0.05, 0.1) is 6.61 Å². The van der Waals surface area contributed by atoms with Crippen LogP contribution in [0.15, 0.2) is 30.3 Å². The molecule has 0 saturated carbocycles. The van der Waals surface area contributed by atoms with Crippen LogP contribution in [-0.2, 0) is 0 Å². The second-order valence-electron chi connectivity index (χ2n) is 4.20. The summed E-state index contributed by atoms with van der Waals surface area (Å²) in [5.41, 5.74) is 5.63. The number of benzene rings is 1. The van der Waals surface area contributed by atoms with Crippen LogP contribution in [0.1, 0.15) is 25.3 Å². The summed E-state index contributed by atoms with van der Waals surface area (Å²) >= 11 is 0. The van der Waals surface area contributed by atoms with E-state index in [1.165, 1.54) is 6.08 Å². The van der Waals surface area contributed by atoms with Gasteiger partial charge in [-0.1, -0.05) is 37.6 Å². The minimum atomic E-state index is -4.40. The van der Waals surface area contributed by atoms with Crippen LogP contribution in [0.4, 0.5) is 13.2 Å². The molecular weight excluding hydrogens is 255 g/mol. The monoisotopic (exact) mass is 273 g/mol. The number of nitrogens with two attached hydrogens (primary N) is 1. The van der Waals surface area contributed by atoms with Gasteiger partial charge in [0.2, 0.25) is 0 Å². The van der Waals surface area contributed by atoms with Gasteiger partial charge in [0.1, 0.15) is 11.8 Å². The Morgan fingerprint density at radius 2 is 1.89 bits per heavy atom. The summed E-state index contributed by atoms with van der Waals surface area (Å²) in [5.74, 6) is 0.714. The van der Waals surface area contributed by atoms with Crippen LogP contribution in [-0.4, -0.2) is 18.8 Å². The number of rotatable bonds is 6. The highest BCUT2D eigenvalue weighted by Gasteiger charge is 2.34. The molecule has 2 nitrogen and oxygen atoms in total. The maximum atomic E-state index is 12.2. The zero-order chi connectivity index (χ0) is 14.3. The van der Waals surface area contributed by atoms with Crippen molar-refractivity contribution in [3.8, 4) is 5.75 Å². The molecule has 106 valence electrons. The zero-order valence-electron chi connectivity index (χ0n) is 10.8. The lowest BCUT2D eigenvalue weighted by Gasteiger charge is -2.10. The van der Waals surface area contributed by atoms with E-state index in [1.54, 1.807) is 24.3 Å². The third kappa shape index (κ3) is 5.79. The van der Waals surface area contributed by atoms with Gasteiger partial charge >= 0.3 is 6.18 Å². The van der Waals surface area contributed by atoms with E-state index in [1.807, 2.05) is 0 Å². The number of halogens is 3. The molecule has 0 unspecified atom stereocenters. The molecule has 0 bridgehead atoms. The molecule has 19 heavy (non-hydrogen) atoms. The van der Waals surface area contributed by atoms with Crippen molar-refractivity contribution in [2.24, 2.45) is 5.73 Å². The molecule has 0 saturated heterocycles.